The quantitative estimate of drug-likeness (QED) is 0.884. The SMILES string of the molecule is COc1ccc(C(C)NCCc2ncno2)cc1Br. The summed E-state index contributed by atoms with van der Waals surface area (Å²) in [5.41, 5.74) is 1.19. The Morgan fingerprint density at radius 1 is 1.47 bits per heavy atom. The van der Waals surface area contributed by atoms with Gasteiger partial charge in [0, 0.05) is 19.0 Å². The van der Waals surface area contributed by atoms with E-state index in [4.69, 9.17) is 9.26 Å². The number of hydrogen-bond donors (Lipinski definition) is 1. The van der Waals surface area contributed by atoms with Gasteiger partial charge in [-0.3, -0.25) is 0 Å². The van der Waals surface area contributed by atoms with E-state index >= 15 is 0 Å². The van der Waals surface area contributed by atoms with Gasteiger partial charge in [0.1, 0.15) is 5.75 Å². The van der Waals surface area contributed by atoms with Gasteiger partial charge in [-0.15, -0.1) is 0 Å². The number of ether oxygens (including phenoxy) is 1. The van der Waals surface area contributed by atoms with Crippen LogP contribution < -0.4 is 10.1 Å². The monoisotopic (exact) mass is 325 g/mol. The molecule has 0 aliphatic heterocycles. The van der Waals surface area contributed by atoms with Crippen molar-refractivity contribution in [1.82, 2.24) is 15.5 Å². The molecule has 1 atom stereocenters. The molecule has 0 fully saturated rings. The highest BCUT2D eigenvalue weighted by Gasteiger charge is 2.08. The Morgan fingerprint density at radius 2 is 2.32 bits per heavy atom. The van der Waals surface area contributed by atoms with E-state index in [1.54, 1.807) is 7.11 Å². The minimum Gasteiger partial charge on any atom is -0.496 e. The van der Waals surface area contributed by atoms with Gasteiger partial charge in [0.25, 0.3) is 0 Å². The topological polar surface area (TPSA) is 60.2 Å². The van der Waals surface area contributed by atoms with Gasteiger partial charge in [0.05, 0.1) is 11.6 Å². The third-order valence-electron chi connectivity index (χ3n) is 2.87. The van der Waals surface area contributed by atoms with E-state index in [-0.39, 0.29) is 6.04 Å². The molecule has 1 N–H and O–H groups in total. The van der Waals surface area contributed by atoms with Crippen molar-refractivity contribution in [3.05, 3.63) is 40.5 Å². The third kappa shape index (κ3) is 3.78. The Balaban J connectivity index is 1.88. The van der Waals surface area contributed by atoms with Crippen molar-refractivity contribution in [1.29, 1.82) is 0 Å². The molecule has 0 saturated heterocycles. The van der Waals surface area contributed by atoms with Crippen LogP contribution in [0.15, 0.2) is 33.5 Å². The van der Waals surface area contributed by atoms with E-state index in [2.05, 4.69) is 44.4 Å². The molecule has 1 unspecified atom stereocenters. The Bertz CT molecular complexity index is 517. The number of halogens is 1. The van der Waals surface area contributed by atoms with Gasteiger partial charge in [0.15, 0.2) is 6.33 Å². The Kier molecular flexibility index (Phi) is 4.93. The first kappa shape index (κ1) is 14.0. The van der Waals surface area contributed by atoms with Gasteiger partial charge in [-0.25, -0.2) is 0 Å². The standard InChI is InChI=1S/C13H16BrN3O2/c1-9(15-6-5-13-16-8-17-19-13)10-3-4-12(18-2)11(14)7-10/h3-4,7-9,15H,5-6H2,1-2H3. The average molecular weight is 326 g/mol. The van der Waals surface area contributed by atoms with Crippen molar-refractivity contribution in [3.8, 4) is 5.75 Å². The number of nitrogens with one attached hydrogen (secondary N) is 1. The van der Waals surface area contributed by atoms with Crippen molar-refractivity contribution < 1.29 is 9.26 Å². The molecule has 19 heavy (non-hydrogen) atoms. The van der Waals surface area contributed by atoms with Gasteiger partial charge in [-0.2, -0.15) is 4.98 Å². The first-order valence-corrected chi connectivity index (χ1v) is 6.82. The Hall–Kier alpha value is -1.40. The predicted octanol–water partition coefficient (Wildman–Crippen LogP) is 2.73. The Morgan fingerprint density at radius 3 is 2.95 bits per heavy atom. The van der Waals surface area contributed by atoms with Crippen molar-refractivity contribution in [2.45, 2.75) is 19.4 Å². The van der Waals surface area contributed by atoms with Gasteiger partial charge in [-0.1, -0.05) is 11.2 Å². The fourth-order valence-electron chi connectivity index (χ4n) is 1.77. The van der Waals surface area contributed by atoms with Gasteiger partial charge >= 0.3 is 0 Å². The normalized spacial score (nSPS) is 12.4. The van der Waals surface area contributed by atoms with E-state index in [0.29, 0.717) is 5.89 Å². The van der Waals surface area contributed by atoms with Crippen LogP contribution in [0.1, 0.15) is 24.4 Å². The van der Waals surface area contributed by atoms with Crippen LogP contribution in [0.25, 0.3) is 0 Å². The molecule has 0 bridgehead atoms. The van der Waals surface area contributed by atoms with Crippen molar-refractivity contribution in [3.63, 3.8) is 0 Å². The molecule has 1 aromatic carbocycles. The molecule has 0 saturated carbocycles. The van der Waals surface area contributed by atoms with E-state index in [1.807, 2.05) is 12.1 Å². The minimum atomic E-state index is 0.241. The van der Waals surface area contributed by atoms with Crippen LogP contribution in [0.5, 0.6) is 5.75 Å². The summed E-state index contributed by atoms with van der Waals surface area (Å²) < 4.78 is 11.1. The molecule has 6 heteroatoms. The second kappa shape index (κ2) is 6.68. The molecule has 102 valence electrons. The van der Waals surface area contributed by atoms with Gasteiger partial charge < -0.3 is 14.6 Å². The maximum absolute atomic E-state index is 5.21. The summed E-state index contributed by atoms with van der Waals surface area (Å²) >= 11 is 3.49. The van der Waals surface area contributed by atoms with Crippen molar-refractivity contribution in [2.24, 2.45) is 0 Å². The lowest BCUT2D eigenvalue weighted by atomic mass is 10.1. The van der Waals surface area contributed by atoms with Crippen LogP contribution in [0.3, 0.4) is 0 Å². The summed E-state index contributed by atoms with van der Waals surface area (Å²) in [5, 5.41) is 6.99. The van der Waals surface area contributed by atoms with Crippen LogP contribution >= 0.6 is 15.9 Å². The molecule has 0 amide bonds. The summed E-state index contributed by atoms with van der Waals surface area (Å²) in [5.74, 6) is 1.48. The summed E-state index contributed by atoms with van der Waals surface area (Å²) in [7, 11) is 1.66. The number of nitrogens with zero attached hydrogens (tertiary/aromatic N) is 2. The lowest BCUT2D eigenvalue weighted by Crippen LogP contribution is -2.21. The lowest BCUT2D eigenvalue weighted by Gasteiger charge is -2.15. The Labute approximate surface area is 120 Å². The molecule has 0 radical (unpaired) electrons. The van der Waals surface area contributed by atoms with E-state index in [1.165, 1.54) is 11.9 Å². The smallest absolute Gasteiger partial charge is 0.227 e. The third-order valence-corrected chi connectivity index (χ3v) is 3.49. The van der Waals surface area contributed by atoms with Gasteiger partial charge in [0.2, 0.25) is 5.89 Å². The maximum atomic E-state index is 5.21. The molecular weight excluding hydrogens is 310 g/mol. The number of hydrogen-bond acceptors (Lipinski definition) is 5. The molecule has 0 aliphatic carbocycles. The van der Waals surface area contributed by atoms with Crippen LogP contribution in [-0.2, 0) is 6.42 Å². The largest absolute Gasteiger partial charge is 0.496 e. The first-order chi connectivity index (χ1) is 9.20. The zero-order valence-corrected chi connectivity index (χ0v) is 12.5. The highest BCUT2D eigenvalue weighted by molar-refractivity contribution is 9.10. The highest BCUT2D eigenvalue weighted by Crippen LogP contribution is 2.27. The van der Waals surface area contributed by atoms with Crippen molar-refractivity contribution in [2.75, 3.05) is 13.7 Å². The first-order valence-electron chi connectivity index (χ1n) is 6.03. The number of aromatic nitrogens is 2. The summed E-state index contributed by atoms with van der Waals surface area (Å²) in [6, 6.07) is 6.30. The molecule has 2 rings (SSSR count). The number of methoxy groups -OCH3 is 1. The zero-order valence-electron chi connectivity index (χ0n) is 10.9. The fourth-order valence-corrected chi connectivity index (χ4v) is 2.33. The van der Waals surface area contributed by atoms with Crippen LogP contribution in [0, 0.1) is 0 Å². The lowest BCUT2D eigenvalue weighted by molar-refractivity contribution is 0.372. The van der Waals surface area contributed by atoms with Crippen LogP contribution in [-0.4, -0.2) is 23.8 Å². The molecule has 1 heterocycles. The molecule has 0 spiro atoms. The fraction of sp³-hybridized carbons (Fsp3) is 0.385. The summed E-state index contributed by atoms with van der Waals surface area (Å²) in [4.78, 5) is 3.98. The second-order valence-corrected chi connectivity index (χ2v) is 5.01. The summed E-state index contributed by atoms with van der Waals surface area (Å²) in [6.07, 6.45) is 2.14. The molecule has 1 aromatic heterocycles. The highest BCUT2D eigenvalue weighted by atomic mass is 79.9. The van der Waals surface area contributed by atoms with E-state index in [0.717, 1.165) is 23.2 Å². The van der Waals surface area contributed by atoms with Crippen LogP contribution in [0.2, 0.25) is 0 Å². The number of rotatable bonds is 6. The molecule has 5 nitrogen and oxygen atoms in total. The van der Waals surface area contributed by atoms with E-state index < -0.39 is 0 Å². The molecular formula is C13H16BrN3O2. The van der Waals surface area contributed by atoms with Gasteiger partial charge in [-0.05, 0) is 40.5 Å². The predicted molar refractivity (Wildman–Crippen MR) is 75.1 cm³/mol. The zero-order chi connectivity index (χ0) is 13.7. The van der Waals surface area contributed by atoms with Crippen molar-refractivity contribution >= 4 is 15.9 Å². The second-order valence-electron chi connectivity index (χ2n) is 4.15. The number of benzene rings is 1. The van der Waals surface area contributed by atoms with Crippen LogP contribution in [0.4, 0.5) is 0 Å². The molecule has 2 aromatic rings. The maximum Gasteiger partial charge on any atom is 0.227 e. The summed E-state index contributed by atoms with van der Waals surface area (Å²) in [6.45, 7) is 2.90. The minimum absolute atomic E-state index is 0.241. The molecule has 0 aliphatic rings. The van der Waals surface area contributed by atoms with E-state index in [9.17, 15) is 0 Å². The average Bonchev–Trinajstić information content (AvgIpc) is 2.91.